The molecule has 2 N–H and O–H groups in total. The van der Waals surface area contributed by atoms with Gasteiger partial charge in [0.2, 0.25) is 5.91 Å². The van der Waals surface area contributed by atoms with Crippen LogP contribution in [0.5, 0.6) is 5.75 Å². The fourth-order valence-corrected chi connectivity index (χ4v) is 4.96. The van der Waals surface area contributed by atoms with E-state index in [0.29, 0.717) is 29.3 Å². The molecule has 0 aromatic heterocycles. The number of hydrogen-bond donors (Lipinski definition) is 2. The van der Waals surface area contributed by atoms with Crippen LogP contribution < -0.4 is 19.7 Å². The van der Waals surface area contributed by atoms with E-state index < -0.39 is 22.5 Å². The van der Waals surface area contributed by atoms with Gasteiger partial charge in [0.15, 0.2) is 0 Å². The molecule has 9 heteroatoms. The lowest BCUT2D eigenvalue weighted by Gasteiger charge is -2.24. The largest absolute Gasteiger partial charge is 0.494 e. The van der Waals surface area contributed by atoms with Crippen LogP contribution in [0.15, 0.2) is 77.7 Å². The van der Waals surface area contributed by atoms with Crippen molar-refractivity contribution in [1.82, 2.24) is 5.32 Å². The highest BCUT2D eigenvalue weighted by atomic mass is 32.2. The molecule has 37 heavy (non-hydrogen) atoms. The number of aryl methyl sites for hydroxylation is 1. The minimum atomic E-state index is -4.09. The lowest BCUT2D eigenvalue weighted by Crippen LogP contribution is -2.38. The standard InChI is InChI=1S/C28H33N3O5S/c1-5-21(4)29-28(33)25-9-7-8-10-26(25)30-27(32)19-31(22-13-11-20(3)12-14-22)37(34,35)24-17-15-23(16-18-24)36-6-2/h7-18,21H,5-6,19H2,1-4H3,(H,29,33)(H,30,32)/t21-/m0/s1. The summed E-state index contributed by atoms with van der Waals surface area (Å²) in [6, 6.07) is 19.5. The first-order valence-electron chi connectivity index (χ1n) is 12.2. The van der Waals surface area contributed by atoms with Gasteiger partial charge in [-0.25, -0.2) is 8.42 Å². The van der Waals surface area contributed by atoms with Crippen molar-refractivity contribution >= 4 is 33.2 Å². The fourth-order valence-electron chi connectivity index (χ4n) is 3.54. The summed E-state index contributed by atoms with van der Waals surface area (Å²) in [5.74, 6) is -0.352. The number of amides is 2. The average Bonchev–Trinajstić information content (AvgIpc) is 2.88. The highest BCUT2D eigenvalue weighted by molar-refractivity contribution is 7.92. The number of sulfonamides is 1. The molecule has 1 atom stereocenters. The number of anilines is 2. The van der Waals surface area contributed by atoms with Gasteiger partial charge in [0.1, 0.15) is 12.3 Å². The van der Waals surface area contributed by atoms with E-state index in [0.717, 1.165) is 16.3 Å². The van der Waals surface area contributed by atoms with E-state index >= 15 is 0 Å². The SMILES string of the molecule is CCOc1ccc(S(=O)(=O)N(CC(=O)Nc2ccccc2C(=O)N[C@@H](C)CC)c2ccc(C)cc2)cc1. The van der Waals surface area contributed by atoms with E-state index in [1.54, 1.807) is 60.7 Å². The number of para-hydroxylation sites is 1. The molecule has 0 radical (unpaired) electrons. The summed E-state index contributed by atoms with van der Waals surface area (Å²) in [7, 11) is -4.09. The van der Waals surface area contributed by atoms with Crippen LogP contribution in [0.25, 0.3) is 0 Å². The summed E-state index contributed by atoms with van der Waals surface area (Å²) in [5, 5.41) is 5.60. The van der Waals surface area contributed by atoms with Crippen molar-refractivity contribution in [3.8, 4) is 5.75 Å². The van der Waals surface area contributed by atoms with E-state index in [-0.39, 0.29) is 16.8 Å². The summed E-state index contributed by atoms with van der Waals surface area (Å²) in [5.41, 5.74) is 1.90. The second-order valence-electron chi connectivity index (χ2n) is 8.63. The Labute approximate surface area is 218 Å². The molecule has 0 aliphatic rings. The molecule has 0 spiro atoms. The van der Waals surface area contributed by atoms with Crippen molar-refractivity contribution in [3.63, 3.8) is 0 Å². The zero-order chi connectivity index (χ0) is 27.0. The molecule has 3 rings (SSSR count). The Kier molecular flexibility index (Phi) is 9.30. The van der Waals surface area contributed by atoms with Crippen LogP contribution >= 0.6 is 0 Å². The van der Waals surface area contributed by atoms with E-state index in [1.165, 1.54) is 12.1 Å². The molecule has 0 saturated carbocycles. The van der Waals surface area contributed by atoms with Crippen molar-refractivity contribution < 1.29 is 22.7 Å². The molecule has 0 saturated heterocycles. The fraction of sp³-hybridized carbons (Fsp3) is 0.286. The van der Waals surface area contributed by atoms with Crippen molar-refractivity contribution in [1.29, 1.82) is 0 Å². The van der Waals surface area contributed by atoms with Crippen LogP contribution in [0.2, 0.25) is 0 Å². The number of benzene rings is 3. The molecule has 196 valence electrons. The van der Waals surface area contributed by atoms with Crippen LogP contribution in [-0.4, -0.2) is 39.4 Å². The Morgan fingerprint density at radius 2 is 1.59 bits per heavy atom. The zero-order valence-electron chi connectivity index (χ0n) is 21.5. The molecule has 0 aliphatic carbocycles. The van der Waals surface area contributed by atoms with Gasteiger partial charge in [0.25, 0.3) is 15.9 Å². The summed E-state index contributed by atoms with van der Waals surface area (Å²) in [4.78, 5) is 25.9. The molecule has 0 fully saturated rings. The minimum Gasteiger partial charge on any atom is -0.494 e. The highest BCUT2D eigenvalue weighted by Gasteiger charge is 2.28. The number of rotatable bonds is 11. The molecule has 0 heterocycles. The molecule has 8 nitrogen and oxygen atoms in total. The summed E-state index contributed by atoms with van der Waals surface area (Å²) >= 11 is 0. The first kappa shape index (κ1) is 27.7. The number of ether oxygens (including phenoxy) is 1. The Bertz CT molecular complexity index is 1320. The third-order valence-electron chi connectivity index (χ3n) is 5.77. The van der Waals surface area contributed by atoms with Crippen molar-refractivity contribution in [2.45, 2.75) is 45.1 Å². The molecule has 3 aromatic rings. The smallest absolute Gasteiger partial charge is 0.264 e. The van der Waals surface area contributed by atoms with Gasteiger partial charge in [0.05, 0.1) is 28.4 Å². The number of hydrogen-bond acceptors (Lipinski definition) is 5. The first-order valence-corrected chi connectivity index (χ1v) is 13.6. The third-order valence-corrected chi connectivity index (χ3v) is 7.56. The Balaban J connectivity index is 1.90. The van der Waals surface area contributed by atoms with Gasteiger partial charge in [0, 0.05) is 6.04 Å². The lowest BCUT2D eigenvalue weighted by molar-refractivity contribution is -0.114. The van der Waals surface area contributed by atoms with Gasteiger partial charge in [-0.05, 0) is 75.7 Å². The molecule has 0 unspecified atom stereocenters. The molecular weight excluding hydrogens is 490 g/mol. The van der Waals surface area contributed by atoms with Crippen LogP contribution in [0.3, 0.4) is 0 Å². The number of nitrogens with one attached hydrogen (secondary N) is 2. The van der Waals surface area contributed by atoms with Gasteiger partial charge < -0.3 is 15.4 Å². The predicted octanol–water partition coefficient (Wildman–Crippen LogP) is 4.76. The van der Waals surface area contributed by atoms with Crippen LogP contribution in [0.4, 0.5) is 11.4 Å². The number of carbonyl (C=O) groups excluding carboxylic acids is 2. The van der Waals surface area contributed by atoms with Crippen LogP contribution in [-0.2, 0) is 14.8 Å². The Morgan fingerprint density at radius 3 is 2.22 bits per heavy atom. The summed E-state index contributed by atoms with van der Waals surface area (Å²) in [6.45, 7) is 7.56. The molecule has 3 aromatic carbocycles. The van der Waals surface area contributed by atoms with Gasteiger partial charge in [-0.15, -0.1) is 0 Å². The third kappa shape index (κ3) is 7.10. The molecule has 0 bridgehead atoms. The maximum atomic E-state index is 13.6. The molecule has 2 amide bonds. The number of carbonyl (C=O) groups is 2. The first-order chi connectivity index (χ1) is 17.6. The highest BCUT2D eigenvalue weighted by Crippen LogP contribution is 2.26. The summed E-state index contributed by atoms with van der Waals surface area (Å²) < 4.78 is 33.8. The quantitative estimate of drug-likeness (QED) is 0.377. The van der Waals surface area contributed by atoms with Gasteiger partial charge >= 0.3 is 0 Å². The maximum absolute atomic E-state index is 13.6. The van der Waals surface area contributed by atoms with Gasteiger partial charge in [-0.2, -0.15) is 0 Å². The second kappa shape index (κ2) is 12.4. The van der Waals surface area contributed by atoms with E-state index in [2.05, 4.69) is 10.6 Å². The normalized spacial score (nSPS) is 11.9. The average molecular weight is 524 g/mol. The van der Waals surface area contributed by atoms with Crippen LogP contribution in [0.1, 0.15) is 43.1 Å². The number of nitrogens with zero attached hydrogens (tertiary/aromatic N) is 1. The van der Waals surface area contributed by atoms with Gasteiger partial charge in [-0.1, -0.05) is 36.8 Å². The van der Waals surface area contributed by atoms with Crippen LogP contribution in [0, 0.1) is 6.92 Å². The minimum absolute atomic E-state index is 0.0256. The van der Waals surface area contributed by atoms with E-state index in [9.17, 15) is 18.0 Å². The van der Waals surface area contributed by atoms with E-state index in [4.69, 9.17) is 4.74 Å². The predicted molar refractivity (Wildman–Crippen MR) is 146 cm³/mol. The maximum Gasteiger partial charge on any atom is 0.264 e. The van der Waals surface area contributed by atoms with Gasteiger partial charge in [-0.3, -0.25) is 13.9 Å². The van der Waals surface area contributed by atoms with Crippen molar-refractivity contribution in [2.75, 3.05) is 22.8 Å². The Hall–Kier alpha value is -3.85. The summed E-state index contributed by atoms with van der Waals surface area (Å²) in [6.07, 6.45) is 0.759. The van der Waals surface area contributed by atoms with E-state index in [1.807, 2.05) is 27.7 Å². The van der Waals surface area contributed by atoms with Crippen molar-refractivity contribution in [2.24, 2.45) is 0 Å². The monoisotopic (exact) mass is 523 g/mol. The zero-order valence-corrected chi connectivity index (χ0v) is 22.3. The molecule has 0 aliphatic heterocycles. The Morgan fingerprint density at radius 1 is 0.946 bits per heavy atom. The topological polar surface area (TPSA) is 105 Å². The second-order valence-corrected chi connectivity index (χ2v) is 10.5. The lowest BCUT2D eigenvalue weighted by atomic mass is 10.1. The van der Waals surface area contributed by atoms with Crippen molar-refractivity contribution in [3.05, 3.63) is 83.9 Å². The molecular formula is C28H33N3O5S.